The molecule has 15 heavy (non-hydrogen) atoms. The van der Waals surface area contributed by atoms with Crippen molar-refractivity contribution in [2.45, 2.75) is 18.7 Å². The van der Waals surface area contributed by atoms with Crippen LogP contribution in [0, 0.1) is 0 Å². The second kappa shape index (κ2) is 4.99. The first-order valence-electron chi connectivity index (χ1n) is 4.27. The van der Waals surface area contributed by atoms with Gasteiger partial charge in [0.25, 0.3) is 0 Å². The van der Waals surface area contributed by atoms with Crippen molar-refractivity contribution >= 4 is 15.9 Å². The Kier molecular flexibility index (Phi) is 4.16. The molecule has 0 aliphatic carbocycles. The maximum Gasteiger partial charge on any atom is 0.414 e. The van der Waals surface area contributed by atoms with Crippen LogP contribution in [-0.4, -0.2) is 19.4 Å². The number of halogens is 4. The molecule has 0 bridgehead atoms. The second-order valence-corrected chi connectivity index (χ2v) is 4.01. The van der Waals surface area contributed by atoms with Gasteiger partial charge in [-0.2, -0.15) is 13.2 Å². The predicted octanol–water partition coefficient (Wildman–Crippen LogP) is 3.57. The van der Waals surface area contributed by atoms with Crippen LogP contribution >= 0.6 is 15.9 Å². The van der Waals surface area contributed by atoms with Crippen LogP contribution in [0.15, 0.2) is 28.7 Å². The molecule has 1 unspecified atom stereocenters. The number of rotatable bonds is 3. The summed E-state index contributed by atoms with van der Waals surface area (Å²) in [6, 6.07) is 6.69. The molecule has 1 nitrogen and oxygen atoms in total. The van der Waals surface area contributed by atoms with Gasteiger partial charge >= 0.3 is 6.18 Å². The Hall–Kier alpha value is -0.550. The Labute approximate surface area is 94.4 Å². The van der Waals surface area contributed by atoms with Crippen LogP contribution in [0.5, 0.6) is 0 Å². The maximum absolute atomic E-state index is 12.4. The highest BCUT2D eigenvalue weighted by atomic mass is 79.9. The molecule has 0 spiro atoms. The summed E-state index contributed by atoms with van der Waals surface area (Å²) < 4.78 is 42.3. The molecule has 1 atom stereocenters. The van der Waals surface area contributed by atoms with Crippen molar-refractivity contribution < 1.29 is 17.9 Å². The number of hydrogen-bond donors (Lipinski definition) is 0. The summed E-state index contributed by atoms with van der Waals surface area (Å²) in [7, 11) is 1.07. The highest BCUT2D eigenvalue weighted by Crippen LogP contribution is 2.25. The monoisotopic (exact) mass is 282 g/mol. The molecule has 0 amide bonds. The molecule has 1 rings (SSSR count). The van der Waals surface area contributed by atoms with Crippen LogP contribution in [0.1, 0.15) is 5.56 Å². The van der Waals surface area contributed by atoms with Crippen molar-refractivity contribution in [2.24, 2.45) is 0 Å². The fraction of sp³-hybridized carbons (Fsp3) is 0.400. The largest absolute Gasteiger partial charge is 0.414 e. The molecular formula is C10H10BrF3O. The molecule has 84 valence electrons. The molecular weight excluding hydrogens is 273 g/mol. The van der Waals surface area contributed by atoms with Gasteiger partial charge in [0.1, 0.15) is 0 Å². The Morgan fingerprint density at radius 3 is 2.20 bits per heavy atom. The predicted molar refractivity (Wildman–Crippen MR) is 54.7 cm³/mol. The highest BCUT2D eigenvalue weighted by molar-refractivity contribution is 9.10. The molecule has 0 aliphatic rings. The molecule has 0 saturated heterocycles. The van der Waals surface area contributed by atoms with Crippen LogP contribution in [0.25, 0.3) is 0 Å². The van der Waals surface area contributed by atoms with Gasteiger partial charge < -0.3 is 4.74 Å². The van der Waals surface area contributed by atoms with E-state index in [4.69, 9.17) is 0 Å². The topological polar surface area (TPSA) is 9.23 Å². The minimum atomic E-state index is -4.32. The van der Waals surface area contributed by atoms with E-state index in [0.29, 0.717) is 5.56 Å². The maximum atomic E-state index is 12.4. The quantitative estimate of drug-likeness (QED) is 0.824. The summed E-state index contributed by atoms with van der Waals surface area (Å²) in [5, 5.41) is 0. The number of benzene rings is 1. The summed E-state index contributed by atoms with van der Waals surface area (Å²) in [6.07, 6.45) is -6.21. The van der Waals surface area contributed by atoms with Crippen LogP contribution < -0.4 is 0 Å². The van der Waals surface area contributed by atoms with Gasteiger partial charge in [-0.1, -0.05) is 28.1 Å². The van der Waals surface area contributed by atoms with Gasteiger partial charge in [-0.15, -0.1) is 0 Å². The van der Waals surface area contributed by atoms with E-state index in [9.17, 15) is 13.2 Å². The van der Waals surface area contributed by atoms with E-state index in [2.05, 4.69) is 20.7 Å². The third kappa shape index (κ3) is 3.83. The van der Waals surface area contributed by atoms with E-state index in [-0.39, 0.29) is 6.42 Å². The van der Waals surface area contributed by atoms with Crippen molar-refractivity contribution in [1.29, 1.82) is 0 Å². The minimum Gasteiger partial charge on any atom is -0.372 e. The summed E-state index contributed by atoms with van der Waals surface area (Å²) >= 11 is 3.21. The van der Waals surface area contributed by atoms with Gasteiger partial charge in [-0.25, -0.2) is 0 Å². The SMILES string of the molecule is COC(Cc1ccc(Br)cc1)C(F)(F)F. The van der Waals surface area contributed by atoms with E-state index < -0.39 is 12.3 Å². The van der Waals surface area contributed by atoms with Crippen LogP contribution in [-0.2, 0) is 11.2 Å². The lowest BCUT2D eigenvalue weighted by atomic mass is 10.1. The first-order valence-corrected chi connectivity index (χ1v) is 5.06. The molecule has 1 aromatic rings. The summed E-state index contributed by atoms with van der Waals surface area (Å²) in [4.78, 5) is 0. The lowest BCUT2D eigenvalue weighted by molar-refractivity contribution is -0.212. The van der Waals surface area contributed by atoms with E-state index in [0.717, 1.165) is 11.6 Å². The normalized spacial score (nSPS) is 13.9. The zero-order valence-electron chi connectivity index (χ0n) is 8.01. The highest BCUT2D eigenvalue weighted by Gasteiger charge is 2.39. The number of hydrogen-bond acceptors (Lipinski definition) is 1. The van der Waals surface area contributed by atoms with Crippen molar-refractivity contribution in [3.8, 4) is 0 Å². The molecule has 0 saturated carbocycles. The van der Waals surface area contributed by atoms with Crippen molar-refractivity contribution in [3.05, 3.63) is 34.3 Å². The van der Waals surface area contributed by atoms with Crippen molar-refractivity contribution in [1.82, 2.24) is 0 Å². The van der Waals surface area contributed by atoms with Crippen LogP contribution in [0.4, 0.5) is 13.2 Å². The fourth-order valence-corrected chi connectivity index (χ4v) is 1.43. The Morgan fingerprint density at radius 1 is 1.27 bits per heavy atom. The molecule has 1 aromatic carbocycles. The molecule has 0 heterocycles. The summed E-state index contributed by atoms with van der Waals surface area (Å²) in [5.74, 6) is 0. The number of methoxy groups -OCH3 is 1. The van der Waals surface area contributed by atoms with Crippen LogP contribution in [0.3, 0.4) is 0 Å². The van der Waals surface area contributed by atoms with Gasteiger partial charge in [0.05, 0.1) is 0 Å². The van der Waals surface area contributed by atoms with Gasteiger partial charge in [0, 0.05) is 18.0 Å². The molecule has 0 fully saturated rings. The molecule has 5 heteroatoms. The van der Waals surface area contributed by atoms with Gasteiger partial charge in [0.15, 0.2) is 6.10 Å². The van der Waals surface area contributed by atoms with E-state index in [1.165, 1.54) is 0 Å². The molecule has 0 aliphatic heterocycles. The van der Waals surface area contributed by atoms with Crippen molar-refractivity contribution in [3.63, 3.8) is 0 Å². The smallest absolute Gasteiger partial charge is 0.372 e. The summed E-state index contributed by atoms with van der Waals surface area (Å²) in [5.41, 5.74) is 0.599. The average molecular weight is 283 g/mol. The zero-order chi connectivity index (χ0) is 11.5. The Morgan fingerprint density at radius 2 is 1.80 bits per heavy atom. The second-order valence-electron chi connectivity index (χ2n) is 3.10. The molecule has 0 radical (unpaired) electrons. The van der Waals surface area contributed by atoms with E-state index in [1.807, 2.05) is 0 Å². The van der Waals surface area contributed by atoms with Gasteiger partial charge in [-0.05, 0) is 17.7 Å². The average Bonchev–Trinajstić information content (AvgIpc) is 2.15. The Bertz CT molecular complexity index is 307. The Balaban J connectivity index is 2.71. The number of ether oxygens (including phenoxy) is 1. The molecule has 0 aromatic heterocycles. The van der Waals surface area contributed by atoms with Crippen molar-refractivity contribution in [2.75, 3.05) is 7.11 Å². The van der Waals surface area contributed by atoms with Crippen LogP contribution in [0.2, 0.25) is 0 Å². The first kappa shape index (κ1) is 12.5. The lowest BCUT2D eigenvalue weighted by Crippen LogP contribution is -2.32. The molecule has 0 N–H and O–H groups in total. The number of alkyl halides is 3. The zero-order valence-corrected chi connectivity index (χ0v) is 9.60. The third-order valence-electron chi connectivity index (χ3n) is 1.98. The standard InChI is InChI=1S/C10H10BrF3O/c1-15-9(10(12,13)14)6-7-2-4-8(11)5-3-7/h2-5,9H,6H2,1H3. The third-order valence-corrected chi connectivity index (χ3v) is 2.51. The minimum absolute atomic E-state index is 0.159. The van der Waals surface area contributed by atoms with E-state index in [1.54, 1.807) is 24.3 Å². The van der Waals surface area contributed by atoms with Gasteiger partial charge in [0.2, 0.25) is 0 Å². The lowest BCUT2D eigenvalue weighted by Gasteiger charge is -2.18. The fourth-order valence-electron chi connectivity index (χ4n) is 1.17. The summed E-state index contributed by atoms with van der Waals surface area (Å²) in [6.45, 7) is 0. The van der Waals surface area contributed by atoms with Gasteiger partial charge in [-0.3, -0.25) is 0 Å². The van der Waals surface area contributed by atoms with E-state index >= 15 is 0 Å². The first-order chi connectivity index (χ1) is 6.93.